The quantitative estimate of drug-likeness (QED) is 0.900. The number of rotatable bonds is 2. The second-order valence-electron chi connectivity index (χ2n) is 5.11. The van der Waals surface area contributed by atoms with Crippen LogP contribution >= 0.6 is 0 Å². The minimum absolute atomic E-state index is 0.357. The molecule has 1 atom stereocenters. The van der Waals surface area contributed by atoms with E-state index in [1.165, 1.54) is 12.0 Å². The number of nitrogens with zero attached hydrogens (tertiary/aromatic N) is 1. The molecular weight excluding hydrogens is 240 g/mol. The Kier molecular flexibility index (Phi) is 3.44. The molecule has 0 bridgehead atoms. The van der Waals surface area contributed by atoms with Crippen LogP contribution in [0.15, 0.2) is 28.9 Å². The lowest BCUT2D eigenvalue weighted by Gasteiger charge is -2.24. The van der Waals surface area contributed by atoms with Gasteiger partial charge in [0.2, 0.25) is 0 Å². The first kappa shape index (κ1) is 12.5. The third kappa shape index (κ3) is 2.33. The van der Waals surface area contributed by atoms with E-state index in [0.717, 1.165) is 36.4 Å². The molecule has 0 spiro atoms. The highest BCUT2D eigenvalue weighted by atomic mass is 16.5. The molecule has 4 heteroatoms. The van der Waals surface area contributed by atoms with E-state index in [-0.39, 0.29) is 0 Å². The summed E-state index contributed by atoms with van der Waals surface area (Å²) >= 11 is 0. The Bertz CT molecular complexity index is 564. The first-order chi connectivity index (χ1) is 9.29. The van der Waals surface area contributed by atoms with E-state index in [1.54, 1.807) is 7.11 Å². The summed E-state index contributed by atoms with van der Waals surface area (Å²) in [5.41, 5.74) is 2.17. The third-order valence-corrected chi connectivity index (χ3v) is 3.90. The topological polar surface area (TPSA) is 37.6 Å². The van der Waals surface area contributed by atoms with Gasteiger partial charge in [0.15, 0.2) is 0 Å². The van der Waals surface area contributed by atoms with Gasteiger partial charge in [-0.15, -0.1) is 0 Å². The number of furan rings is 1. The Balaban J connectivity index is 2.03. The van der Waals surface area contributed by atoms with Crippen LogP contribution in [0.1, 0.15) is 18.0 Å². The maximum Gasteiger partial charge on any atom is 0.134 e. The van der Waals surface area contributed by atoms with Crippen LogP contribution in [0.3, 0.4) is 0 Å². The minimum Gasteiger partial charge on any atom is -0.497 e. The van der Waals surface area contributed by atoms with Crippen molar-refractivity contribution in [2.75, 3.05) is 33.8 Å². The molecule has 0 radical (unpaired) electrons. The average molecular weight is 260 g/mol. The largest absolute Gasteiger partial charge is 0.497 e. The van der Waals surface area contributed by atoms with Crippen LogP contribution in [0.5, 0.6) is 5.75 Å². The molecule has 2 aromatic rings. The van der Waals surface area contributed by atoms with Gasteiger partial charge in [0.25, 0.3) is 0 Å². The fourth-order valence-corrected chi connectivity index (χ4v) is 2.76. The number of fused-ring (bicyclic) bond motifs is 1. The molecule has 0 aliphatic carbocycles. The Morgan fingerprint density at radius 2 is 2.32 bits per heavy atom. The smallest absolute Gasteiger partial charge is 0.134 e. The molecule has 2 heterocycles. The van der Waals surface area contributed by atoms with Crippen molar-refractivity contribution in [1.29, 1.82) is 0 Å². The summed E-state index contributed by atoms with van der Waals surface area (Å²) in [7, 11) is 3.87. The van der Waals surface area contributed by atoms with Crippen molar-refractivity contribution in [2.45, 2.75) is 12.5 Å². The van der Waals surface area contributed by atoms with Crippen LogP contribution < -0.4 is 10.1 Å². The van der Waals surface area contributed by atoms with Crippen LogP contribution in [0.2, 0.25) is 0 Å². The second-order valence-corrected chi connectivity index (χ2v) is 5.11. The molecule has 1 aliphatic heterocycles. The molecule has 1 N–H and O–H groups in total. The van der Waals surface area contributed by atoms with Gasteiger partial charge in [-0.3, -0.25) is 4.90 Å². The van der Waals surface area contributed by atoms with Crippen LogP contribution in [0.4, 0.5) is 0 Å². The molecule has 1 aromatic heterocycles. The number of benzene rings is 1. The first-order valence-corrected chi connectivity index (χ1v) is 6.75. The maximum atomic E-state index is 5.68. The van der Waals surface area contributed by atoms with Crippen molar-refractivity contribution in [3.63, 3.8) is 0 Å². The SMILES string of the molecule is COc1ccc2occ(C3CNCCCN3C)c2c1. The highest BCUT2D eigenvalue weighted by Crippen LogP contribution is 2.32. The molecular formula is C15H20N2O2. The second kappa shape index (κ2) is 5.23. The molecule has 1 saturated heterocycles. The fourth-order valence-electron chi connectivity index (χ4n) is 2.76. The summed E-state index contributed by atoms with van der Waals surface area (Å²) in [5.74, 6) is 0.874. The monoisotopic (exact) mass is 260 g/mol. The number of hydrogen-bond donors (Lipinski definition) is 1. The van der Waals surface area contributed by atoms with Gasteiger partial charge in [-0.2, -0.15) is 0 Å². The van der Waals surface area contributed by atoms with E-state index in [2.05, 4.69) is 23.3 Å². The number of ether oxygens (including phenoxy) is 1. The zero-order chi connectivity index (χ0) is 13.2. The first-order valence-electron chi connectivity index (χ1n) is 6.75. The summed E-state index contributed by atoms with van der Waals surface area (Å²) in [6.45, 7) is 3.15. The highest BCUT2D eigenvalue weighted by Gasteiger charge is 2.23. The lowest BCUT2D eigenvalue weighted by molar-refractivity contribution is 0.261. The van der Waals surface area contributed by atoms with E-state index in [1.807, 2.05) is 18.4 Å². The van der Waals surface area contributed by atoms with E-state index in [9.17, 15) is 0 Å². The summed E-state index contributed by atoms with van der Waals surface area (Å²) in [4.78, 5) is 2.39. The number of likely N-dealkylation sites (N-methyl/N-ethyl adjacent to an activating group) is 1. The van der Waals surface area contributed by atoms with Crippen molar-refractivity contribution in [2.24, 2.45) is 0 Å². The van der Waals surface area contributed by atoms with Crippen molar-refractivity contribution in [3.8, 4) is 5.75 Å². The number of nitrogens with one attached hydrogen (secondary N) is 1. The van der Waals surface area contributed by atoms with Gasteiger partial charge in [0.05, 0.1) is 19.4 Å². The molecule has 0 saturated carbocycles. The van der Waals surface area contributed by atoms with Crippen LogP contribution in [-0.4, -0.2) is 38.7 Å². The molecule has 0 amide bonds. The predicted octanol–water partition coefficient (Wildman–Crippen LogP) is 2.41. The Morgan fingerprint density at radius 1 is 1.42 bits per heavy atom. The number of hydrogen-bond acceptors (Lipinski definition) is 4. The standard InChI is InChI=1S/C15H20N2O2/c1-17-7-3-6-16-9-14(17)13-10-19-15-5-4-11(18-2)8-12(13)15/h4-5,8,10,14,16H,3,6-7,9H2,1-2H3. The molecule has 3 rings (SSSR count). The summed E-state index contributed by atoms with van der Waals surface area (Å²) in [6, 6.07) is 6.33. The van der Waals surface area contributed by atoms with Gasteiger partial charge in [-0.05, 0) is 44.8 Å². The van der Waals surface area contributed by atoms with Crippen molar-refractivity contribution >= 4 is 11.0 Å². The Hall–Kier alpha value is -1.52. The van der Waals surface area contributed by atoms with Gasteiger partial charge in [-0.25, -0.2) is 0 Å². The zero-order valence-corrected chi connectivity index (χ0v) is 11.5. The molecule has 1 fully saturated rings. The third-order valence-electron chi connectivity index (χ3n) is 3.90. The minimum atomic E-state index is 0.357. The van der Waals surface area contributed by atoms with Crippen molar-refractivity contribution in [3.05, 3.63) is 30.0 Å². The van der Waals surface area contributed by atoms with Crippen LogP contribution in [-0.2, 0) is 0 Å². The van der Waals surface area contributed by atoms with E-state index in [4.69, 9.17) is 9.15 Å². The summed E-state index contributed by atoms with van der Waals surface area (Å²) in [5, 5.41) is 4.65. The van der Waals surface area contributed by atoms with Gasteiger partial charge >= 0.3 is 0 Å². The van der Waals surface area contributed by atoms with Gasteiger partial charge in [0, 0.05) is 17.5 Å². The zero-order valence-electron chi connectivity index (χ0n) is 11.5. The molecule has 1 aliphatic rings. The average Bonchev–Trinajstić information content (AvgIpc) is 2.73. The highest BCUT2D eigenvalue weighted by molar-refractivity contribution is 5.83. The molecule has 1 aromatic carbocycles. The van der Waals surface area contributed by atoms with Gasteiger partial charge < -0.3 is 14.5 Å². The predicted molar refractivity (Wildman–Crippen MR) is 75.6 cm³/mol. The van der Waals surface area contributed by atoms with Crippen molar-refractivity contribution in [1.82, 2.24) is 10.2 Å². The van der Waals surface area contributed by atoms with Gasteiger partial charge in [0.1, 0.15) is 11.3 Å². The number of methoxy groups -OCH3 is 1. The summed E-state index contributed by atoms with van der Waals surface area (Å²) < 4.78 is 11.0. The Morgan fingerprint density at radius 3 is 3.16 bits per heavy atom. The molecule has 4 nitrogen and oxygen atoms in total. The normalized spacial score (nSPS) is 21.5. The van der Waals surface area contributed by atoms with Gasteiger partial charge in [-0.1, -0.05) is 0 Å². The molecule has 19 heavy (non-hydrogen) atoms. The molecule has 102 valence electrons. The fraction of sp³-hybridized carbons (Fsp3) is 0.467. The van der Waals surface area contributed by atoms with E-state index in [0.29, 0.717) is 6.04 Å². The summed E-state index contributed by atoms with van der Waals surface area (Å²) in [6.07, 6.45) is 3.07. The van der Waals surface area contributed by atoms with Crippen LogP contribution in [0.25, 0.3) is 11.0 Å². The lowest BCUT2D eigenvalue weighted by Crippen LogP contribution is -2.29. The Labute approximate surface area is 113 Å². The van der Waals surface area contributed by atoms with Crippen LogP contribution in [0, 0.1) is 0 Å². The van der Waals surface area contributed by atoms with E-state index >= 15 is 0 Å². The lowest BCUT2D eigenvalue weighted by atomic mass is 10.0. The molecule has 1 unspecified atom stereocenters. The maximum absolute atomic E-state index is 5.68. The van der Waals surface area contributed by atoms with Crippen molar-refractivity contribution < 1.29 is 9.15 Å². The van der Waals surface area contributed by atoms with E-state index < -0.39 is 0 Å².